The van der Waals surface area contributed by atoms with E-state index in [2.05, 4.69) is 26.6 Å². The summed E-state index contributed by atoms with van der Waals surface area (Å²) >= 11 is 1.29. The molecule has 1 aromatic heterocycles. The van der Waals surface area contributed by atoms with Gasteiger partial charge < -0.3 is 37.4 Å². The number of carboxylic acid groups (broad SMARTS) is 1. The van der Waals surface area contributed by atoms with Crippen LogP contribution in [-0.4, -0.2) is 82.3 Å². The molecule has 3 atom stereocenters. The second kappa shape index (κ2) is 18.5. The molecule has 0 saturated heterocycles. The number of carbonyl (C=O) groups is 6. The van der Waals surface area contributed by atoms with Gasteiger partial charge in [0.2, 0.25) is 23.6 Å². The molecule has 0 aliphatic carbocycles. The highest BCUT2D eigenvalue weighted by Crippen LogP contribution is 2.20. The van der Waals surface area contributed by atoms with Crippen LogP contribution in [0.15, 0.2) is 53.3 Å². The third-order valence-electron chi connectivity index (χ3n) is 7.38. The van der Waals surface area contributed by atoms with Crippen molar-refractivity contribution in [1.29, 1.82) is 0 Å². The number of unbranched alkanes of at least 4 members (excludes halogenated alkanes) is 1. The molecule has 2 aromatic carbocycles. The van der Waals surface area contributed by atoms with E-state index in [4.69, 9.17) is 5.73 Å². The third-order valence-corrected chi connectivity index (χ3v) is 8.50. The van der Waals surface area contributed by atoms with Crippen molar-refractivity contribution in [2.75, 3.05) is 19.6 Å². The minimum atomic E-state index is -1.19. The zero-order valence-electron chi connectivity index (χ0n) is 27.6. The quantitative estimate of drug-likeness (QED) is 0.0923. The predicted molar refractivity (Wildman–Crippen MR) is 184 cm³/mol. The highest BCUT2D eigenvalue weighted by molar-refractivity contribution is 7.14. The van der Waals surface area contributed by atoms with Crippen molar-refractivity contribution in [3.05, 3.63) is 64.4 Å². The fraction of sp³-hybridized carbons (Fsp3) is 0.424. The summed E-state index contributed by atoms with van der Waals surface area (Å²) in [7, 11) is 0. The van der Waals surface area contributed by atoms with Crippen molar-refractivity contribution < 1.29 is 33.9 Å². The Hall–Kier alpha value is -5.09. The van der Waals surface area contributed by atoms with Crippen molar-refractivity contribution in [2.24, 2.45) is 11.7 Å². The number of hydrogen-bond acceptors (Lipinski definition) is 9. The molecule has 3 rings (SSSR count). The van der Waals surface area contributed by atoms with Crippen LogP contribution in [-0.2, 0) is 24.0 Å². The van der Waals surface area contributed by atoms with Crippen molar-refractivity contribution in [3.63, 3.8) is 0 Å². The number of fused-ring (bicyclic) bond motifs is 1. The molecule has 0 aliphatic heterocycles. The van der Waals surface area contributed by atoms with Crippen molar-refractivity contribution in [2.45, 2.75) is 64.6 Å². The fourth-order valence-electron chi connectivity index (χ4n) is 4.78. The first-order valence-corrected chi connectivity index (χ1v) is 16.7. The average molecular weight is 698 g/mol. The molecule has 1 heterocycles. The van der Waals surface area contributed by atoms with Crippen LogP contribution >= 0.6 is 11.5 Å². The molecule has 0 unspecified atom stereocenters. The number of hydrogen-bond donors (Lipinski definition) is 7. The number of nitrogens with one attached hydrogen (secondary N) is 5. The Morgan fingerprint density at radius 2 is 1.47 bits per heavy atom. The van der Waals surface area contributed by atoms with Crippen LogP contribution in [0.5, 0.6) is 0 Å². The number of aliphatic carboxylic acids is 1. The van der Waals surface area contributed by atoms with Gasteiger partial charge in [-0.15, -0.1) is 0 Å². The minimum absolute atomic E-state index is 0.00357. The first-order chi connectivity index (χ1) is 23.3. The lowest BCUT2D eigenvalue weighted by Gasteiger charge is -2.24. The highest BCUT2D eigenvalue weighted by atomic mass is 32.1. The average Bonchev–Trinajstić information content (AvgIpc) is 3.41. The van der Waals surface area contributed by atoms with Crippen molar-refractivity contribution in [3.8, 4) is 5.69 Å². The van der Waals surface area contributed by atoms with Crippen molar-refractivity contribution >= 4 is 57.1 Å². The number of amides is 5. The SMILES string of the molecule is CC(C)C[C@@H](NC(=O)[C@@H](CCCCN)NC(=O)[C@@H](C)NC(=O)CNC(=O)CNC(=O)c1ccc(-n2sc3ccccc3c2=O)cc1)C(=O)O. The zero-order valence-corrected chi connectivity index (χ0v) is 28.4. The largest absolute Gasteiger partial charge is 0.480 e. The standard InChI is InChI=1S/C33H43N7O8S/c1-19(2)16-25(33(47)48)39-31(45)24(9-6-7-15-34)38-29(43)20(3)37-28(42)18-35-27(41)17-36-30(44)21-11-13-22(14-12-21)40-32(46)23-8-4-5-10-26(23)49-40/h4-5,8,10-14,19-20,24-25H,6-7,9,15-18,34H2,1-3H3,(H,35,41)(H,36,44)(H,37,42)(H,38,43)(H,39,45)(H,47,48)/t20-,24-,25-/m1/s1. The number of nitrogens with zero attached hydrogens (tertiary/aromatic N) is 1. The van der Waals surface area contributed by atoms with Crippen LogP contribution < -0.4 is 37.9 Å². The molecule has 0 saturated carbocycles. The van der Waals surface area contributed by atoms with Crippen LogP contribution in [0.4, 0.5) is 0 Å². The second-order valence-electron chi connectivity index (χ2n) is 11.9. The van der Waals surface area contributed by atoms with E-state index in [0.29, 0.717) is 30.5 Å². The Morgan fingerprint density at radius 3 is 2.10 bits per heavy atom. The summed E-state index contributed by atoms with van der Waals surface area (Å²) in [5.41, 5.74) is 6.24. The number of carbonyl (C=O) groups excluding carboxylic acids is 5. The van der Waals surface area contributed by atoms with E-state index in [9.17, 15) is 38.7 Å². The lowest BCUT2D eigenvalue weighted by atomic mass is 10.0. The summed E-state index contributed by atoms with van der Waals surface area (Å²) in [6.07, 6.45) is 1.50. The van der Waals surface area contributed by atoms with Gasteiger partial charge in [-0.3, -0.25) is 28.8 Å². The smallest absolute Gasteiger partial charge is 0.326 e. The van der Waals surface area contributed by atoms with Gasteiger partial charge in [0.25, 0.3) is 11.5 Å². The minimum Gasteiger partial charge on any atom is -0.480 e. The Kier molecular flexibility index (Phi) is 14.4. The Labute approximate surface area is 287 Å². The molecule has 0 spiro atoms. The maximum Gasteiger partial charge on any atom is 0.326 e. The predicted octanol–water partition coefficient (Wildman–Crippen LogP) is 0.632. The first-order valence-electron chi connectivity index (χ1n) is 15.9. The van der Waals surface area contributed by atoms with Gasteiger partial charge >= 0.3 is 5.97 Å². The summed E-state index contributed by atoms with van der Waals surface area (Å²) in [4.78, 5) is 87.3. The maximum atomic E-state index is 12.9. The highest BCUT2D eigenvalue weighted by Gasteiger charge is 2.28. The number of aromatic nitrogens is 1. The normalized spacial score (nSPS) is 12.8. The number of carboxylic acids is 1. The van der Waals surface area contributed by atoms with E-state index in [1.807, 2.05) is 26.0 Å². The molecule has 3 aromatic rings. The molecule has 0 bridgehead atoms. The van der Waals surface area contributed by atoms with E-state index in [1.165, 1.54) is 34.5 Å². The molecule has 49 heavy (non-hydrogen) atoms. The lowest BCUT2D eigenvalue weighted by Crippen LogP contribution is -2.55. The van der Waals surface area contributed by atoms with Gasteiger partial charge in [0, 0.05) is 5.56 Å². The molecule has 264 valence electrons. The molecule has 16 heteroatoms. The molecule has 0 radical (unpaired) electrons. The molecule has 0 aliphatic rings. The van der Waals surface area contributed by atoms with Gasteiger partial charge in [-0.05, 0) is 81.5 Å². The van der Waals surface area contributed by atoms with Gasteiger partial charge in [-0.2, -0.15) is 0 Å². The fourth-order valence-corrected chi connectivity index (χ4v) is 5.77. The number of rotatable bonds is 18. The summed E-state index contributed by atoms with van der Waals surface area (Å²) < 4.78 is 2.36. The van der Waals surface area contributed by atoms with Crippen LogP contribution in [0.25, 0.3) is 15.8 Å². The summed E-state index contributed by atoms with van der Waals surface area (Å²) in [6, 6.07) is 10.3. The molecule has 8 N–H and O–H groups in total. The molecular formula is C33H43N7O8S. The van der Waals surface area contributed by atoms with Crippen molar-refractivity contribution in [1.82, 2.24) is 30.5 Å². The molecule has 5 amide bonds. The Morgan fingerprint density at radius 1 is 0.816 bits per heavy atom. The van der Waals surface area contributed by atoms with Gasteiger partial charge in [-0.25, -0.2) is 8.75 Å². The maximum absolute atomic E-state index is 12.9. The first kappa shape index (κ1) is 38.4. The van der Waals surface area contributed by atoms with Gasteiger partial charge in [0.1, 0.15) is 18.1 Å². The van der Waals surface area contributed by atoms with E-state index in [1.54, 1.807) is 24.3 Å². The zero-order chi connectivity index (χ0) is 36.1. The summed E-state index contributed by atoms with van der Waals surface area (Å²) in [6.45, 7) is 4.51. The monoisotopic (exact) mass is 697 g/mol. The van der Waals surface area contributed by atoms with Crippen LogP contribution in [0.2, 0.25) is 0 Å². The Bertz CT molecular complexity index is 1700. The van der Waals surface area contributed by atoms with Crippen LogP contribution in [0.1, 0.15) is 56.8 Å². The van der Waals surface area contributed by atoms with E-state index in [-0.39, 0.29) is 29.9 Å². The number of nitrogens with two attached hydrogens (primary N) is 1. The molecular weight excluding hydrogens is 654 g/mol. The van der Waals surface area contributed by atoms with Crippen LogP contribution in [0.3, 0.4) is 0 Å². The Balaban J connectivity index is 1.45. The van der Waals surface area contributed by atoms with Crippen LogP contribution in [0, 0.1) is 5.92 Å². The van der Waals surface area contributed by atoms with E-state index >= 15 is 0 Å². The lowest BCUT2D eigenvalue weighted by molar-refractivity contribution is -0.142. The van der Waals surface area contributed by atoms with Gasteiger partial charge in [0.15, 0.2) is 0 Å². The molecule has 0 fully saturated rings. The van der Waals surface area contributed by atoms with Gasteiger partial charge in [-0.1, -0.05) is 37.5 Å². The van der Waals surface area contributed by atoms with E-state index < -0.39 is 66.7 Å². The van der Waals surface area contributed by atoms with E-state index in [0.717, 1.165) is 4.70 Å². The summed E-state index contributed by atoms with van der Waals surface area (Å²) in [5, 5.41) is 22.4. The second-order valence-corrected chi connectivity index (χ2v) is 12.8. The third kappa shape index (κ3) is 11.5. The summed E-state index contributed by atoms with van der Waals surface area (Å²) in [5.74, 6) is -4.41. The van der Waals surface area contributed by atoms with Gasteiger partial charge in [0.05, 0.1) is 28.9 Å². The topological polar surface area (TPSA) is 231 Å². The number of benzene rings is 2. The molecule has 15 nitrogen and oxygen atoms in total.